The van der Waals surface area contributed by atoms with Crippen LogP contribution in [0.5, 0.6) is 0 Å². The molecule has 0 aliphatic rings. The van der Waals surface area contributed by atoms with Gasteiger partial charge in [-0.1, -0.05) is 243 Å². The fourth-order valence-electron chi connectivity index (χ4n) is 8.46. The number of benzene rings is 10. The summed E-state index contributed by atoms with van der Waals surface area (Å²) in [6.07, 6.45) is 17.3. The van der Waals surface area contributed by atoms with Crippen molar-refractivity contribution < 1.29 is 0 Å². The van der Waals surface area contributed by atoms with Crippen LogP contribution in [0, 0.1) is 0 Å². The van der Waals surface area contributed by atoms with Gasteiger partial charge in [0.2, 0.25) is 0 Å². The first-order valence-electron chi connectivity index (χ1n) is 23.8. The Morgan fingerprint density at radius 1 is 0.157 bits per heavy atom. The van der Waals surface area contributed by atoms with Gasteiger partial charge in [-0.3, -0.25) is 0 Å². The van der Waals surface area contributed by atoms with E-state index in [1.807, 2.05) is 24.3 Å². The lowest BCUT2D eigenvalue weighted by Gasteiger charge is -2.26. The molecule has 0 aliphatic heterocycles. The summed E-state index contributed by atoms with van der Waals surface area (Å²) in [5.41, 5.74) is 18.1. The molecule has 0 N–H and O–H groups in total. The summed E-state index contributed by atoms with van der Waals surface area (Å²) >= 11 is 0. The van der Waals surface area contributed by atoms with Crippen LogP contribution in [0.25, 0.3) is 59.7 Å². The van der Waals surface area contributed by atoms with Crippen LogP contribution >= 0.6 is 0 Å². The van der Waals surface area contributed by atoms with E-state index in [0.717, 1.165) is 67.5 Å². The third-order valence-electron chi connectivity index (χ3n) is 12.3. The van der Waals surface area contributed by atoms with E-state index in [1.165, 1.54) is 22.3 Å². The van der Waals surface area contributed by atoms with Crippen molar-refractivity contribution in [3.05, 3.63) is 311 Å². The van der Waals surface area contributed by atoms with Crippen LogP contribution in [-0.4, -0.2) is 0 Å². The molecule has 2 heteroatoms. The molecule has 0 saturated heterocycles. The van der Waals surface area contributed by atoms with Gasteiger partial charge in [-0.05, 0) is 128 Å². The highest BCUT2D eigenvalue weighted by atomic mass is 15.1. The predicted octanol–water partition coefficient (Wildman–Crippen LogP) is 19.0. The summed E-state index contributed by atoms with van der Waals surface area (Å²) in [7, 11) is 0. The van der Waals surface area contributed by atoms with Gasteiger partial charge in [-0.25, -0.2) is 0 Å². The average molecular weight is 897 g/mol. The zero-order valence-electron chi connectivity index (χ0n) is 38.9. The van der Waals surface area contributed by atoms with Crippen molar-refractivity contribution >= 4 is 82.7 Å². The Kier molecular flexibility index (Phi) is 14.0. The second-order valence-electron chi connectivity index (χ2n) is 17.1. The standard InChI is InChI=1S/C68H52N2/c1-5-13-53(14-6-1)21-25-57-29-41-63(42-30-57)69(64-43-31-58(32-44-64)26-22-54-15-7-2-8-16-54)67-49-37-61(38-50-67)62-39-51-68(52-40-62)70(65-45-33-59(34-46-65)27-23-55-17-9-3-10-18-55)66-47-35-60(36-48-66)28-24-56-19-11-4-12-20-56/h1-52H. The molecule has 2 nitrogen and oxygen atoms in total. The first kappa shape index (κ1) is 44.6. The molecule has 0 aromatic heterocycles. The number of anilines is 6. The van der Waals surface area contributed by atoms with Crippen LogP contribution in [0.4, 0.5) is 34.1 Å². The van der Waals surface area contributed by atoms with E-state index in [-0.39, 0.29) is 0 Å². The molecule has 10 aromatic carbocycles. The van der Waals surface area contributed by atoms with Crippen LogP contribution in [-0.2, 0) is 0 Å². The van der Waals surface area contributed by atoms with Gasteiger partial charge in [0.25, 0.3) is 0 Å². The number of nitrogens with zero attached hydrogens (tertiary/aromatic N) is 2. The maximum Gasteiger partial charge on any atom is 0.0462 e. The minimum Gasteiger partial charge on any atom is -0.311 e. The smallest absolute Gasteiger partial charge is 0.0462 e. The van der Waals surface area contributed by atoms with E-state index in [9.17, 15) is 0 Å². The Morgan fingerprint density at radius 3 is 0.500 bits per heavy atom. The quantitative estimate of drug-likeness (QED) is 0.0946. The Bertz CT molecular complexity index is 2900. The molecule has 0 unspecified atom stereocenters. The van der Waals surface area contributed by atoms with Gasteiger partial charge in [-0.15, -0.1) is 0 Å². The van der Waals surface area contributed by atoms with E-state index >= 15 is 0 Å². The zero-order valence-corrected chi connectivity index (χ0v) is 38.9. The van der Waals surface area contributed by atoms with Crippen LogP contribution < -0.4 is 9.80 Å². The lowest BCUT2D eigenvalue weighted by Crippen LogP contribution is -2.10. The molecule has 0 aliphatic carbocycles. The van der Waals surface area contributed by atoms with Gasteiger partial charge in [0.05, 0.1) is 0 Å². The fourth-order valence-corrected chi connectivity index (χ4v) is 8.46. The molecular weight excluding hydrogens is 845 g/mol. The van der Waals surface area contributed by atoms with E-state index in [4.69, 9.17) is 0 Å². The van der Waals surface area contributed by atoms with Gasteiger partial charge in [0, 0.05) is 34.1 Å². The maximum absolute atomic E-state index is 2.33. The molecular formula is C68H52N2. The van der Waals surface area contributed by atoms with Gasteiger partial charge < -0.3 is 9.80 Å². The molecule has 0 radical (unpaired) electrons. The molecule has 0 saturated carbocycles. The molecule has 0 amide bonds. The molecule has 334 valence electrons. The summed E-state index contributed by atoms with van der Waals surface area (Å²) in [4.78, 5) is 4.65. The van der Waals surface area contributed by atoms with E-state index in [0.29, 0.717) is 0 Å². The monoisotopic (exact) mass is 896 g/mol. The van der Waals surface area contributed by atoms with Gasteiger partial charge in [0.15, 0.2) is 0 Å². The molecule has 0 heterocycles. The molecule has 0 spiro atoms. The van der Waals surface area contributed by atoms with Crippen LogP contribution in [0.15, 0.2) is 267 Å². The highest BCUT2D eigenvalue weighted by molar-refractivity contribution is 5.83. The van der Waals surface area contributed by atoms with Crippen LogP contribution in [0.3, 0.4) is 0 Å². The van der Waals surface area contributed by atoms with E-state index < -0.39 is 0 Å². The normalized spacial score (nSPS) is 11.5. The van der Waals surface area contributed by atoms with Crippen molar-refractivity contribution in [1.82, 2.24) is 0 Å². The highest BCUT2D eigenvalue weighted by Gasteiger charge is 2.15. The number of rotatable bonds is 15. The predicted molar refractivity (Wildman–Crippen MR) is 303 cm³/mol. The summed E-state index contributed by atoms with van der Waals surface area (Å²) in [5, 5.41) is 0. The van der Waals surface area contributed by atoms with Crippen LogP contribution in [0.2, 0.25) is 0 Å². The van der Waals surface area contributed by atoms with Crippen molar-refractivity contribution in [1.29, 1.82) is 0 Å². The van der Waals surface area contributed by atoms with Crippen molar-refractivity contribution in [2.24, 2.45) is 0 Å². The Labute approximate surface area is 413 Å². The summed E-state index contributed by atoms with van der Waals surface area (Å²) in [6, 6.07) is 94.6. The first-order chi connectivity index (χ1) is 34.7. The fraction of sp³-hybridized carbons (Fsp3) is 0. The van der Waals surface area contributed by atoms with Crippen molar-refractivity contribution in [2.75, 3.05) is 9.80 Å². The maximum atomic E-state index is 2.33. The average Bonchev–Trinajstić information content (AvgIpc) is 3.44. The lowest BCUT2D eigenvalue weighted by molar-refractivity contribution is 1.28. The van der Waals surface area contributed by atoms with Crippen molar-refractivity contribution in [2.45, 2.75) is 0 Å². The second kappa shape index (κ2) is 22.0. The summed E-state index contributed by atoms with van der Waals surface area (Å²) in [5.74, 6) is 0. The number of hydrogen-bond donors (Lipinski definition) is 0. The highest BCUT2D eigenvalue weighted by Crippen LogP contribution is 2.39. The largest absolute Gasteiger partial charge is 0.311 e. The first-order valence-corrected chi connectivity index (χ1v) is 23.8. The summed E-state index contributed by atoms with van der Waals surface area (Å²) < 4.78 is 0. The van der Waals surface area contributed by atoms with Gasteiger partial charge in [0.1, 0.15) is 0 Å². The Balaban J connectivity index is 0.924. The summed E-state index contributed by atoms with van der Waals surface area (Å²) in [6.45, 7) is 0. The van der Waals surface area contributed by atoms with E-state index in [1.54, 1.807) is 0 Å². The minimum absolute atomic E-state index is 1.08. The van der Waals surface area contributed by atoms with Gasteiger partial charge in [-0.2, -0.15) is 0 Å². The third-order valence-corrected chi connectivity index (χ3v) is 12.3. The Hall–Kier alpha value is -9.24. The molecule has 0 bridgehead atoms. The Morgan fingerprint density at radius 2 is 0.314 bits per heavy atom. The minimum atomic E-state index is 1.08. The molecule has 70 heavy (non-hydrogen) atoms. The SMILES string of the molecule is C(=Cc1ccc(N(c2ccc(C=Cc3ccccc3)cc2)c2ccc(-c3ccc(N(c4ccc(C=Cc5ccccc5)cc4)c4ccc(C=Cc5ccccc5)cc4)cc3)cc2)cc1)c1ccccc1. The molecule has 10 rings (SSSR count). The molecule has 10 aromatic rings. The second-order valence-corrected chi connectivity index (χ2v) is 17.1. The van der Waals surface area contributed by atoms with Crippen LogP contribution in [0.1, 0.15) is 44.5 Å². The van der Waals surface area contributed by atoms with Gasteiger partial charge >= 0.3 is 0 Å². The number of hydrogen-bond acceptors (Lipinski definition) is 2. The topological polar surface area (TPSA) is 6.48 Å². The molecule has 0 atom stereocenters. The zero-order chi connectivity index (χ0) is 47.2. The lowest BCUT2D eigenvalue weighted by atomic mass is 10.0. The van der Waals surface area contributed by atoms with Crippen molar-refractivity contribution in [3.63, 3.8) is 0 Å². The molecule has 0 fully saturated rings. The third kappa shape index (κ3) is 11.5. The van der Waals surface area contributed by atoms with E-state index in [2.05, 4.69) is 301 Å². The van der Waals surface area contributed by atoms with Crippen molar-refractivity contribution in [3.8, 4) is 11.1 Å².